The van der Waals surface area contributed by atoms with E-state index in [9.17, 15) is 0 Å². The van der Waals surface area contributed by atoms with Gasteiger partial charge in [-0.15, -0.1) is 0 Å². The number of rotatable bonds is 6. The van der Waals surface area contributed by atoms with E-state index < -0.39 is 0 Å². The van der Waals surface area contributed by atoms with Gasteiger partial charge < -0.3 is 19.5 Å². The summed E-state index contributed by atoms with van der Waals surface area (Å²) < 4.78 is 16.3. The van der Waals surface area contributed by atoms with Gasteiger partial charge in [-0.1, -0.05) is 6.07 Å². The average Bonchev–Trinajstić information content (AvgIpc) is 2.35. The van der Waals surface area contributed by atoms with Crippen LogP contribution < -0.4 is 19.5 Å². The van der Waals surface area contributed by atoms with E-state index in [2.05, 4.69) is 19.2 Å². The fraction of sp³-hybridized carbons (Fsp3) is 0.538. The van der Waals surface area contributed by atoms with E-state index in [0.29, 0.717) is 23.9 Å². The Hall–Kier alpha value is -1.42. The van der Waals surface area contributed by atoms with E-state index in [1.807, 2.05) is 25.2 Å². The molecule has 4 nitrogen and oxygen atoms in total. The second kappa shape index (κ2) is 5.77. The lowest BCUT2D eigenvalue weighted by molar-refractivity contribution is 0.207. The van der Waals surface area contributed by atoms with Gasteiger partial charge in [0.2, 0.25) is 5.75 Å². The Morgan fingerprint density at radius 3 is 2.29 bits per heavy atom. The molecule has 1 aromatic rings. The van der Waals surface area contributed by atoms with Gasteiger partial charge in [0.15, 0.2) is 11.5 Å². The molecule has 0 atom stereocenters. The highest BCUT2D eigenvalue weighted by Gasteiger charge is 2.18. The van der Waals surface area contributed by atoms with E-state index in [1.54, 1.807) is 14.2 Å². The minimum atomic E-state index is -0.0892. The highest BCUT2D eigenvalue weighted by molar-refractivity contribution is 5.51. The Bertz CT molecular complexity index is 364. The van der Waals surface area contributed by atoms with Crippen molar-refractivity contribution in [2.75, 3.05) is 27.9 Å². The lowest BCUT2D eigenvalue weighted by Gasteiger charge is -2.24. The zero-order chi connectivity index (χ0) is 12.9. The first-order valence-corrected chi connectivity index (χ1v) is 5.57. The molecule has 1 aromatic carbocycles. The van der Waals surface area contributed by atoms with Crippen molar-refractivity contribution in [3.8, 4) is 17.2 Å². The Labute approximate surface area is 103 Å². The van der Waals surface area contributed by atoms with Crippen molar-refractivity contribution in [2.45, 2.75) is 19.4 Å². The van der Waals surface area contributed by atoms with Crippen molar-refractivity contribution in [1.29, 1.82) is 0 Å². The van der Waals surface area contributed by atoms with Gasteiger partial charge in [0, 0.05) is 5.54 Å². The average molecular weight is 239 g/mol. The maximum absolute atomic E-state index is 5.76. The first-order chi connectivity index (χ1) is 8.04. The van der Waals surface area contributed by atoms with Crippen LogP contribution in [-0.2, 0) is 0 Å². The quantitative estimate of drug-likeness (QED) is 0.825. The highest BCUT2D eigenvalue weighted by Crippen LogP contribution is 2.36. The van der Waals surface area contributed by atoms with Crippen LogP contribution in [0.3, 0.4) is 0 Å². The molecule has 0 fully saturated rings. The molecule has 0 heterocycles. The lowest BCUT2D eigenvalue weighted by atomic mass is 10.1. The van der Waals surface area contributed by atoms with Crippen molar-refractivity contribution in [3.63, 3.8) is 0 Å². The molecule has 0 unspecified atom stereocenters. The van der Waals surface area contributed by atoms with Gasteiger partial charge in [-0.3, -0.25) is 0 Å². The van der Waals surface area contributed by atoms with Crippen LogP contribution in [0.2, 0.25) is 0 Å². The third kappa shape index (κ3) is 3.53. The number of hydrogen-bond acceptors (Lipinski definition) is 4. The van der Waals surface area contributed by atoms with Crippen molar-refractivity contribution >= 4 is 0 Å². The molecule has 1 N–H and O–H groups in total. The number of para-hydroxylation sites is 1. The monoisotopic (exact) mass is 239 g/mol. The summed E-state index contributed by atoms with van der Waals surface area (Å²) in [5.74, 6) is 1.99. The third-order valence-corrected chi connectivity index (χ3v) is 2.63. The molecule has 0 bridgehead atoms. The van der Waals surface area contributed by atoms with Gasteiger partial charge in [0.1, 0.15) is 6.61 Å². The minimum absolute atomic E-state index is 0.0892. The molecule has 96 valence electrons. The smallest absolute Gasteiger partial charge is 0.203 e. The first-order valence-electron chi connectivity index (χ1n) is 5.57. The zero-order valence-electron chi connectivity index (χ0n) is 11.2. The fourth-order valence-corrected chi connectivity index (χ4v) is 1.30. The largest absolute Gasteiger partial charge is 0.493 e. The number of ether oxygens (including phenoxy) is 3. The van der Waals surface area contributed by atoms with Crippen LogP contribution in [0.15, 0.2) is 18.2 Å². The van der Waals surface area contributed by atoms with E-state index in [4.69, 9.17) is 14.2 Å². The van der Waals surface area contributed by atoms with Crippen molar-refractivity contribution in [1.82, 2.24) is 5.32 Å². The topological polar surface area (TPSA) is 39.7 Å². The Morgan fingerprint density at radius 1 is 1.12 bits per heavy atom. The van der Waals surface area contributed by atoms with Crippen LogP contribution in [0.1, 0.15) is 13.8 Å². The summed E-state index contributed by atoms with van der Waals surface area (Å²) in [4.78, 5) is 0. The number of likely N-dealkylation sites (N-methyl/N-ethyl adjacent to an activating group) is 1. The van der Waals surface area contributed by atoms with Gasteiger partial charge >= 0.3 is 0 Å². The van der Waals surface area contributed by atoms with Crippen molar-refractivity contribution < 1.29 is 14.2 Å². The summed E-state index contributed by atoms with van der Waals surface area (Å²) in [6.07, 6.45) is 0. The third-order valence-electron chi connectivity index (χ3n) is 2.63. The molecule has 0 aromatic heterocycles. The molecule has 0 amide bonds. The Kier molecular flexibility index (Phi) is 4.63. The predicted molar refractivity (Wildman–Crippen MR) is 68.2 cm³/mol. The molecule has 0 saturated carbocycles. The van der Waals surface area contributed by atoms with Crippen LogP contribution in [0.4, 0.5) is 0 Å². The summed E-state index contributed by atoms with van der Waals surface area (Å²) in [6.45, 7) is 4.69. The summed E-state index contributed by atoms with van der Waals surface area (Å²) in [6, 6.07) is 5.59. The second-order valence-electron chi connectivity index (χ2n) is 4.41. The van der Waals surface area contributed by atoms with E-state index in [0.717, 1.165) is 0 Å². The molecule has 0 saturated heterocycles. The standard InChI is InChI=1S/C13H21NO3/c1-13(2,14-3)9-17-11-8-6-7-10(15-4)12(11)16-5/h6-8,14H,9H2,1-5H3. The SMILES string of the molecule is CNC(C)(C)COc1cccc(OC)c1OC. The van der Waals surface area contributed by atoms with Gasteiger partial charge in [0.05, 0.1) is 14.2 Å². The molecule has 17 heavy (non-hydrogen) atoms. The summed E-state index contributed by atoms with van der Waals surface area (Å²) in [5, 5.41) is 3.18. The maximum atomic E-state index is 5.76. The second-order valence-corrected chi connectivity index (χ2v) is 4.41. The molecule has 0 aliphatic carbocycles. The van der Waals surface area contributed by atoms with Crippen LogP contribution in [0, 0.1) is 0 Å². The summed E-state index contributed by atoms with van der Waals surface area (Å²) >= 11 is 0. The van der Waals surface area contributed by atoms with Crippen LogP contribution in [-0.4, -0.2) is 33.4 Å². The molecular formula is C13H21NO3. The van der Waals surface area contributed by atoms with Gasteiger partial charge in [-0.05, 0) is 33.0 Å². The lowest BCUT2D eigenvalue weighted by Crippen LogP contribution is -2.42. The zero-order valence-corrected chi connectivity index (χ0v) is 11.2. The summed E-state index contributed by atoms with van der Waals surface area (Å²) in [7, 11) is 5.12. The van der Waals surface area contributed by atoms with E-state index >= 15 is 0 Å². The van der Waals surface area contributed by atoms with E-state index in [1.165, 1.54) is 0 Å². The normalized spacial score (nSPS) is 11.1. The van der Waals surface area contributed by atoms with Gasteiger partial charge in [0.25, 0.3) is 0 Å². The Morgan fingerprint density at radius 2 is 1.76 bits per heavy atom. The minimum Gasteiger partial charge on any atom is -0.493 e. The molecular weight excluding hydrogens is 218 g/mol. The van der Waals surface area contributed by atoms with Crippen molar-refractivity contribution in [3.05, 3.63) is 18.2 Å². The Balaban J connectivity index is 2.84. The summed E-state index contributed by atoms with van der Waals surface area (Å²) in [5.41, 5.74) is -0.0892. The molecule has 0 radical (unpaired) electrons. The molecule has 1 rings (SSSR count). The number of hydrogen-bond donors (Lipinski definition) is 1. The van der Waals surface area contributed by atoms with Crippen LogP contribution in [0.5, 0.6) is 17.2 Å². The van der Waals surface area contributed by atoms with Crippen molar-refractivity contribution in [2.24, 2.45) is 0 Å². The van der Waals surface area contributed by atoms with Gasteiger partial charge in [-0.2, -0.15) is 0 Å². The number of nitrogens with one attached hydrogen (secondary N) is 1. The van der Waals surface area contributed by atoms with Crippen LogP contribution >= 0.6 is 0 Å². The molecule has 0 spiro atoms. The molecule has 4 heteroatoms. The molecule has 0 aliphatic heterocycles. The highest BCUT2D eigenvalue weighted by atomic mass is 16.5. The number of methoxy groups -OCH3 is 2. The number of benzene rings is 1. The predicted octanol–water partition coefficient (Wildman–Crippen LogP) is 2.08. The van der Waals surface area contributed by atoms with E-state index in [-0.39, 0.29) is 5.54 Å². The van der Waals surface area contributed by atoms with Crippen LogP contribution in [0.25, 0.3) is 0 Å². The molecule has 0 aliphatic rings. The first kappa shape index (κ1) is 13.6. The van der Waals surface area contributed by atoms with Gasteiger partial charge in [-0.25, -0.2) is 0 Å². The fourth-order valence-electron chi connectivity index (χ4n) is 1.30. The maximum Gasteiger partial charge on any atom is 0.203 e.